The van der Waals surface area contributed by atoms with Crippen LogP contribution in [0.1, 0.15) is 36.5 Å². The number of benzene rings is 6. The summed E-state index contributed by atoms with van der Waals surface area (Å²) in [6, 6.07) is 45.0. The van der Waals surface area contributed by atoms with Crippen LogP contribution in [0.4, 0.5) is 0 Å². The molecule has 9 rings (SSSR count). The Labute approximate surface area is 272 Å². The number of furan rings is 1. The number of para-hydroxylation sites is 2. The zero-order chi connectivity index (χ0) is 31.6. The third-order valence-corrected chi connectivity index (χ3v) is 9.64. The Hall–Kier alpha value is -5.74. The average Bonchev–Trinajstić information content (AvgIpc) is 3.67. The Morgan fingerprint density at radius 1 is 0.638 bits per heavy atom. The summed E-state index contributed by atoms with van der Waals surface area (Å²) in [5.74, 6) is 1.23. The van der Waals surface area contributed by atoms with Crippen molar-refractivity contribution in [3.63, 3.8) is 0 Å². The quantitative estimate of drug-likeness (QED) is 0.183. The lowest BCUT2D eigenvalue weighted by Gasteiger charge is -2.21. The highest BCUT2D eigenvalue weighted by Gasteiger charge is 2.23. The van der Waals surface area contributed by atoms with Gasteiger partial charge in [0.2, 0.25) is 5.71 Å². The molecule has 0 aliphatic heterocycles. The summed E-state index contributed by atoms with van der Waals surface area (Å²) in [7, 11) is 0. The van der Waals surface area contributed by atoms with Crippen molar-refractivity contribution in [1.29, 1.82) is 0 Å². The van der Waals surface area contributed by atoms with Crippen LogP contribution in [0.3, 0.4) is 0 Å². The van der Waals surface area contributed by atoms with Gasteiger partial charge in [0.1, 0.15) is 11.4 Å². The van der Waals surface area contributed by atoms with Crippen molar-refractivity contribution in [2.24, 2.45) is 0 Å². The lowest BCUT2D eigenvalue weighted by atomic mass is 9.86. The molecule has 0 fully saturated rings. The highest BCUT2D eigenvalue weighted by molar-refractivity contribution is 6.12. The first-order chi connectivity index (χ1) is 23.1. The summed E-state index contributed by atoms with van der Waals surface area (Å²) in [5.41, 5.74) is 10.3. The molecule has 4 heteroatoms. The normalized spacial score (nSPS) is 12.0. The minimum absolute atomic E-state index is 0.337. The molecule has 0 bridgehead atoms. The summed E-state index contributed by atoms with van der Waals surface area (Å²) >= 11 is 0. The first-order valence-corrected chi connectivity index (χ1v) is 16.3. The second-order valence-corrected chi connectivity index (χ2v) is 12.8. The third-order valence-electron chi connectivity index (χ3n) is 9.64. The molecule has 0 unspecified atom stereocenters. The van der Waals surface area contributed by atoms with Crippen LogP contribution >= 0.6 is 0 Å². The number of fused-ring (bicyclic) bond motifs is 7. The van der Waals surface area contributed by atoms with E-state index >= 15 is 0 Å². The molecular formula is C43H33N3O. The molecule has 226 valence electrons. The minimum Gasteiger partial charge on any atom is -0.437 e. The molecule has 0 saturated heterocycles. The first kappa shape index (κ1) is 27.6. The Bertz CT molecular complexity index is 2640. The van der Waals surface area contributed by atoms with Crippen LogP contribution in [0.15, 0.2) is 132 Å². The molecule has 0 aliphatic carbocycles. The lowest BCUT2D eigenvalue weighted by molar-refractivity contribution is 0.654. The van der Waals surface area contributed by atoms with Crippen LogP contribution in [0.5, 0.6) is 0 Å². The summed E-state index contributed by atoms with van der Waals surface area (Å²) in [6.07, 6.45) is 0. The largest absolute Gasteiger partial charge is 0.437 e. The Morgan fingerprint density at radius 2 is 1.32 bits per heavy atom. The van der Waals surface area contributed by atoms with Crippen LogP contribution in [0.25, 0.3) is 77.3 Å². The summed E-state index contributed by atoms with van der Waals surface area (Å²) < 4.78 is 9.09. The van der Waals surface area contributed by atoms with E-state index in [2.05, 4.69) is 135 Å². The molecule has 4 nitrogen and oxygen atoms in total. The summed E-state index contributed by atoms with van der Waals surface area (Å²) in [5, 5.41) is 7.29. The van der Waals surface area contributed by atoms with Crippen LogP contribution in [-0.4, -0.2) is 14.5 Å². The van der Waals surface area contributed by atoms with Gasteiger partial charge in [-0.1, -0.05) is 111 Å². The predicted molar refractivity (Wildman–Crippen MR) is 195 cm³/mol. The number of pyridine rings is 1. The molecule has 0 radical (unpaired) electrons. The van der Waals surface area contributed by atoms with Crippen molar-refractivity contribution in [1.82, 2.24) is 14.5 Å². The Morgan fingerprint density at radius 3 is 2.11 bits per heavy atom. The molecule has 0 atom stereocenters. The van der Waals surface area contributed by atoms with Crippen molar-refractivity contribution < 1.29 is 4.42 Å². The van der Waals surface area contributed by atoms with Gasteiger partial charge in [-0.15, -0.1) is 0 Å². The van der Waals surface area contributed by atoms with Gasteiger partial charge in [0.15, 0.2) is 0 Å². The van der Waals surface area contributed by atoms with E-state index in [-0.39, 0.29) is 0 Å². The van der Waals surface area contributed by atoms with Gasteiger partial charge in [-0.25, -0.2) is 9.97 Å². The van der Waals surface area contributed by atoms with Crippen LogP contribution < -0.4 is 0 Å². The molecule has 0 amide bonds. The van der Waals surface area contributed by atoms with E-state index in [9.17, 15) is 0 Å². The Kier molecular flexibility index (Phi) is 6.26. The van der Waals surface area contributed by atoms with Gasteiger partial charge in [-0.2, -0.15) is 0 Å². The first-order valence-electron chi connectivity index (χ1n) is 16.3. The fourth-order valence-corrected chi connectivity index (χ4v) is 7.54. The highest BCUT2D eigenvalue weighted by Crippen LogP contribution is 2.41. The molecule has 0 N–H and O–H groups in total. The van der Waals surface area contributed by atoms with Gasteiger partial charge in [0, 0.05) is 16.3 Å². The van der Waals surface area contributed by atoms with Crippen molar-refractivity contribution in [2.45, 2.75) is 33.2 Å². The van der Waals surface area contributed by atoms with Crippen LogP contribution in [0.2, 0.25) is 0 Å². The van der Waals surface area contributed by atoms with E-state index < -0.39 is 0 Å². The zero-order valence-corrected chi connectivity index (χ0v) is 26.7. The van der Waals surface area contributed by atoms with Gasteiger partial charge < -0.3 is 8.98 Å². The smallest absolute Gasteiger partial charge is 0.227 e. The molecule has 3 heterocycles. The topological polar surface area (TPSA) is 43.9 Å². The molecule has 6 aromatic carbocycles. The van der Waals surface area contributed by atoms with Gasteiger partial charge in [-0.3, -0.25) is 0 Å². The van der Waals surface area contributed by atoms with Crippen molar-refractivity contribution in [3.8, 4) is 22.6 Å². The summed E-state index contributed by atoms with van der Waals surface area (Å²) in [6.45, 7) is 7.44. The van der Waals surface area contributed by atoms with E-state index in [0.29, 0.717) is 18.2 Å². The fourth-order valence-electron chi connectivity index (χ4n) is 7.54. The molecule has 0 saturated carbocycles. The average molecular weight is 608 g/mol. The van der Waals surface area contributed by atoms with Gasteiger partial charge in [0.25, 0.3) is 0 Å². The maximum Gasteiger partial charge on any atom is 0.227 e. The van der Waals surface area contributed by atoms with E-state index in [1.807, 2.05) is 18.2 Å². The van der Waals surface area contributed by atoms with E-state index in [1.54, 1.807) is 0 Å². The van der Waals surface area contributed by atoms with Crippen molar-refractivity contribution in [3.05, 3.63) is 144 Å². The van der Waals surface area contributed by atoms with Crippen molar-refractivity contribution in [2.75, 3.05) is 0 Å². The molecule has 0 spiro atoms. The summed E-state index contributed by atoms with van der Waals surface area (Å²) in [4.78, 5) is 10.3. The second kappa shape index (κ2) is 10.7. The van der Waals surface area contributed by atoms with Gasteiger partial charge in [0.05, 0.1) is 28.8 Å². The van der Waals surface area contributed by atoms with Crippen LogP contribution in [-0.2, 0) is 6.54 Å². The maximum absolute atomic E-state index is 6.71. The van der Waals surface area contributed by atoms with Gasteiger partial charge >= 0.3 is 0 Å². The highest BCUT2D eigenvalue weighted by atomic mass is 16.3. The number of hydrogen-bond acceptors (Lipinski definition) is 3. The minimum atomic E-state index is 0.337. The number of hydrogen-bond donors (Lipinski definition) is 0. The lowest BCUT2D eigenvalue weighted by Crippen LogP contribution is -2.08. The Balaban J connectivity index is 1.31. The molecular weight excluding hydrogens is 574 g/mol. The van der Waals surface area contributed by atoms with Gasteiger partial charge in [-0.05, 0) is 81.4 Å². The van der Waals surface area contributed by atoms with E-state index in [4.69, 9.17) is 14.4 Å². The predicted octanol–water partition coefficient (Wildman–Crippen LogP) is 11.5. The second-order valence-electron chi connectivity index (χ2n) is 12.8. The maximum atomic E-state index is 6.71. The standard InChI is InChI=1S/C43H33N3O/c1-26(2)39-32-18-10-9-16-30(32)29-15-7-8-17-31(29)35(39)25-46-38-20-12-11-19-37(38)44-42(46)34-22-21-27(3)40-33-23-24-36(28-13-5-4-6-14-28)45-43(33)47-41(34)40/h4-24,26H,25H2,1-3H3. The molecule has 9 aromatic rings. The number of aromatic nitrogens is 3. The van der Waals surface area contributed by atoms with Crippen LogP contribution in [0, 0.1) is 6.92 Å². The number of imidazole rings is 1. The molecule has 47 heavy (non-hydrogen) atoms. The number of aryl methyl sites for hydroxylation is 1. The monoisotopic (exact) mass is 607 g/mol. The molecule has 0 aliphatic rings. The molecule has 3 aromatic heterocycles. The van der Waals surface area contributed by atoms with Crippen molar-refractivity contribution >= 4 is 54.6 Å². The number of rotatable bonds is 5. The number of nitrogens with zero attached hydrogens (tertiary/aromatic N) is 3. The van der Waals surface area contributed by atoms with E-state index in [0.717, 1.165) is 55.6 Å². The van der Waals surface area contributed by atoms with E-state index in [1.165, 1.54) is 32.7 Å². The SMILES string of the molecule is Cc1ccc(-c2nc3ccccc3n2Cc2c(C(C)C)c3ccccc3c3ccccc23)c2oc3nc(-c4ccccc4)ccc3c12. The fraction of sp³-hybridized carbons (Fsp3) is 0.116. The zero-order valence-electron chi connectivity index (χ0n) is 26.7. The third kappa shape index (κ3) is 4.29.